The molecule has 0 radical (unpaired) electrons. The smallest absolute Gasteiger partial charge is 0.236 e. The van der Waals surface area contributed by atoms with Gasteiger partial charge in [0.1, 0.15) is 5.84 Å². The van der Waals surface area contributed by atoms with Gasteiger partial charge in [0.15, 0.2) is 0 Å². The first-order valence-corrected chi connectivity index (χ1v) is 10.7. The summed E-state index contributed by atoms with van der Waals surface area (Å²) in [6.07, 6.45) is 1.61. The van der Waals surface area contributed by atoms with Crippen LogP contribution in [0.4, 0.5) is 11.4 Å². The minimum Gasteiger partial charge on any atom is -0.371 e. The second-order valence-corrected chi connectivity index (χ2v) is 8.72. The summed E-state index contributed by atoms with van der Waals surface area (Å²) in [5.74, 6) is 1.11. The Morgan fingerprint density at radius 3 is 2.70 bits per heavy atom. The van der Waals surface area contributed by atoms with Crippen molar-refractivity contribution in [2.45, 2.75) is 24.9 Å². The molecule has 1 spiro atoms. The molecule has 7 heteroatoms. The molecule has 0 bridgehead atoms. The number of nitrogens with zero attached hydrogens (tertiary/aromatic N) is 3. The van der Waals surface area contributed by atoms with Crippen LogP contribution in [-0.2, 0) is 11.3 Å². The lowest BCUT2D eigenvalue weighted by Crippen LogP contribution is -2.60. The van der Waals surface area contributed by atoms with E-state index < -0.39 is 0 Å². The van der Waals surface area contributed by atoms with E-state index in [0.29, 0.717) is 26.2 Å². The van der Waals surface area contributed by atoms with E-state index in [1.165, 1.54) is 0 Å². The van der Waals surface area contributed by atoms with Crippen LogP contribution in [0.3, 0.4) is 0 Å². The Bertz CT molecular complexity index is 950. The van der Waals surface area contributed by atoms with Crippen molar-refractivity contribution >= 4 is 34.7 Å². The number of carbonyl (C=O) groups is 1. The number of halogens is 1. The number of likely N-dealkylation sites (N-methyl/N-ethyl adjacent to an activating group) is 1. The van der Waals surface area contributed by atoms with Gasteiger partial charge in [0.2, 0.25) is 5.91 Å². The predicted molar refractivity (Wildman–Crippen MR) is 123 cm³/mol. The molecule has 0 saturated carbocycles. The first kappa shape index (κ1) is 20.7. The van der Waals surface area contributed by atoms with Gasteiger partial charge in [0.05, 0.1) is 23.5 Å². The number of aliphatic imine (C=N–C) groups is 1. The molecule has 2 aliphatic rings. The number of anilines is 1. The standard InChI is InChI=1S/C23H28ClN5O/c1-28(2)16-21(30)29-12-10-23(11-13-29)22(25-15-17-6-5-7-18(24)14-17)26-19-8-3-4-9-20(19)27-23/h3-9,14,27H,10-13,15-16H2,1-2H3,(H,25,26). The number of fused-ring (bicyclic) bond motifs is 1. The molecule has 2 heterocycles. The molecule has 158 valence electrons. The van der Waals surface area contributed by atoms with Crippen molar-refractivity contribution in [3.8, 4) is 0 Å². The van der Waals surface area contributed by atoms with E-state index in [-0.39, 0.29) is 11.4 Å². The van der Waals surface area contributed by atoms with Crippen LogP contribution in [0.25, 0.3) is 0 Å². The van der Waals surface area contributed by atoms with E-state index >= 15 is 0 Å². The van der Waals surface area contributed by atoms with Crippen LogP contribution in [0.5, 0.6) is 0 Å². The molecule has 30 heavy (non-hydrogen) atoms. The van der Waals surface area contributed by atoms with Crippen LogP contribution in [0.2, 0.25) is 5.02 Å². The second kappa shape index (κ2) is 8.66. The third kappa shape index (κ3) is 4.45. The maximum absolute atomic E-state index is 12.5. The molecule has 6 nitrogen and oxygen atoms in total. The van der Waals surface area contributed by atoms with Gasteiger partial charge < -0.3 is 20.4 Å². The highest BCUT2D eigenvalue weighted by atomic mass is 35.5. The number of para-hydroxylation sites is 2. The molecule has 0 atom stereocenters. The number of benzene rings is 2. The van der Waals surface area contributed by atoms with Crippen LogP contribution in [-0.4, -0.2) is 60.8 Å². The number of nitrogens with one attached hydrogen (secondary N) is 2. The summed E-state index contributed by atoms with van der Waals surface area (Å²) in [7, 11) is 3.85. The Balaban J connectivity index is 1.54. The van der Waals surface area contributed by atoms with Crippen molar-refractivity contribution in [3.05, 3.63) is 59.1 Å². The van der Waals surface area contributed by atoms with Crippen LogP contribution in [0.1, 0.15) is 18.4 Å². The average Bonchev–Trinajstić information content (AvgIpc) is 2.72. The molecule has 2 N–H and O–H groups in total. The minimum atomic E-state index is -0.304. The van der Waals surface area contributed by atoms with E-state index in [1.54, 1.807) is 0 Å². The number of likely N-dealkylation sites (tertiary alicyclic amines) is 1. The third-order valence-corrected chi connectivity index (χ3v) is 5.97. The molecular formula is C23H28ClN5O. The monoisotopic (exact) mass is 425 g/mol. The normalized spacial score (nSPS) is 17.3. The molecule has 0 aromatic heterocycles. The third-order valence-electron chi connectivity index (χ3n) is 5.73. The number of piperidine rings is 1. The first-order valence-electron chi connectivity index (χ1n) is 10.3. The number of amidine groups is 1. The summed E-state index contributed by atoms with van der Waals surface area (Å²) in [6, 6.07) is 16.0. The van der Waals surface area contributed by atoms with Gasteiger partial charge in [-0.3, -0.25) is 4.79 Å². The lowest BCUT2D eigenvalue weighted by molar-refractivity contribution is -0.133. The van der Waals surface area contributed by atoms with Crippen molar-refractivity contribution in [2.24, 2.45) is 4.99 Å². The number of hydrogen-bond acceptors (Lipinski definition) is 5. The summed E-state index contributed by atoms with van der Waals surface area (Å²) in [4.78, 5) is 21.4. The fourth-order valence-corrected chi connectivity index (χ4v) is 4.35. The maximum Gasteiger partial charge on any atom is 0.236 e. The molecular weight excluding hydrogens is 398 g/mol. The average molecular weight is 426 g/mol. The highest BCUT2D eigenvalue weighted by Crippen LogP contribution is 2.38. The lowest BCUT2D eigenvalue weighted by Gasteiger charge is -2.45. The Kier molecular flexibility index (Phi) is 5.97. The summed E-state index contributed by atoms with van der Waals surface area (Å²) in [5, 5.41) is 8.03. The molecule has 1 saturated heterocycles. The Morgan fingerprint density at radius 2 is 1.97 bits per heavy atom. The Hall–Kier alpha value is -2.57. The highest BCUT2D eigenvalue weighted by molar-refractivity contribution is 6.30. The number of carbonyl (C=O) groups excluding carboxylic acids is 1. The van der Waals surface area contributed by atoms with Crippen molar-refractivity contribution in [1.82, 2.24) is 15.1 Å². The topological polar surface area (TPSA) is 60.0 Å². The van der Waals surface area contributed by atoms with E-state index in [2.05, 4.69) is 22.8 Å². The van der Waals surface area contributed by atoms with Gasteiger partial charge in [-0.05, 0) is 56.8 Å². The summed E-state index contributed by atoms with van der Waals surface area (Å²) < 4.78 is 0. The fraction of sp³-hybridized carbons (Fsp3) is 0.391. The summed E-state index contributed by atoms with van der Waals surface area (Å²) in [6.45, 7) is 2.50. The van der Waals surface area contributed by atoms with Crippen molar-refractivity contribution in [3.63, 3.8) is 0 Å². The van der Waals surface area contributed by atoms with Gasteiger partial charge in [0.25, 0.3) is 0 Å². The highest BCUT2D eigenvalue weighted by Gasteiger charge is 2.42. The summed E-state index contributed by atoms with van der Waals surface area (Å²) in [5.41, 5.74) is 2.78. The van der Waals surface area contributed by atoms with E-state index in [0.717, 1.165) is 40.6 Å². The zero-order valence-corrected chi connectivity index (χ0v) is 18.2. The minimum absolute atomic E-state index is 0.177. The SMILES string of the molecule is CN(C)CC(=O)N1CCC2(CC1)Nc1ccccc1N=C2NCc1cccc(Cl)c1. The summed E-state index contributed by atoms with van der Waals surface area (Å²) >= 11 is 6.15. The predicted octanol–water partition coefficient (Wildman–Crippen LogP) is 3.51. The number of hydrogen-bond donors (Lipinski definition) is 2. The van der Waals surface area contributed by atoms with Gasteiger partial charge >= 0.3 is 0 Å². The molecule has 0 unspecified atom stereocenters. The molecule has 2 aromatic carbocycles. The second-order valence-electron chi connectivity index (χ2n) is 8.29. The molecule has 1 amide bonds. The van der Waals surface area contributed by atoms with Crippen molar-refractivity contribution < 1.29 is 4.79 Å². The van der Waals surface area contributed by atoms with E-state index in [1.807, 2.05) is 60.3 Å². The van der Waals surface area contributed by atoms with Crippen LogP contribution >= 0.6 is 11.6 Å². The van der Waals surface area contributed by atoms with Crippen LogP contribution in [0, 0.1) is 0 Å². The van der Waals surface area contributed by atoms with Gasteiger partial charge in [-0.1, -0.05) is 35.9 Å². The van der Waals surface area contributed by atoms with Gasteiger partial charge in [-0.25, -0.2) is 4.99 Å². The number of amides is 1. The van der Waals surface area contributed by atoms with Gasteiger partial charge in [0, 0.05) is 24.7 Å². The lowest BCUT2D eigenvalue weighted by atomic mass is 9.84. The van der Waals surface area contributed by atoms with Gasteiger partial charge in [-0.2, -0.15) is 0 Å². The van der Waals surface area contributed by atoms with Crippen molar-refractivity contribution in [2.75, 3.05) is 39.0 Å². The fourth-order valence-electron chi connectivity index (χ4n) is 4.13. The zero-order chi connectivity index (χ0) is 21.1. The maximum atomic E-state index is 12.5. The Labute approximate surface area is 182 Å². The van der Waals surface area contributed by atoms with E-state index in [9.17, 15) is 4.79 Å². The molecule has 2 aliphatic heterocycles. The molecule has 1 fully saturated rings. The number of rotatable bonds is 4. The van der Waals surface area contributed by atoms with E-state index in [4.69, 9.17) is 16.6 Å². The van der Waals surface area contributed by atoms with Crippen LogP contribution in [0.15, 0.2) is 53.5 Å². The molecule has 2 aromatic rings. The van der Waals surface area contributed by atoms with Crippen molar-refractivity contribution in [1.29, 1.82) is 0 Å². The zero-order valence-electron chi connectivity index (χ0n) is 17.5. The largest absolute Gasteiger partial charge is 0.371 e. The molecule has 4 rings (SSSR count). The quantitative estimate of drug-likeness (QED) is 0.787. The van der Waals surface area contributed by atoms with Gasteiger partial charge in [-0.15, -0.1) is 0 Å². The first-order chi connectivity index (χ1) is 14.4. The molecule has 0 aliphatic carbocycles. The Morgan fingerprint density at radius 1 is 1.20 bits per heavy atom. The van der Waals surface area contributed by atoms with Crippen LogP contribution < -0.4 is 10.6 Å².